The van der Waals surface area contributed by atoms with Crippen molar-refractivity contribution in [2.24, 2.45) is 0 Å². The molecule has 1 aliphatic carbocycles. The van der Waals surface area contributed by atoms with E-state index in [0.717, 1.165) is 15.6 Å². The van der Waals surface area contributed by atoms with Crippen molar-refractivity contribution in [3.63, 3.8) is 0 Å². The first-order chi connectivity index (χ1) is 8.31. The zero-order chi connectivity index (χ0) is 12.1. The summed E-state index contributed by atoms with van der Waals surface area (Å²) in [5, 5.41) is 0. The van der Waals surface area contributed by atoms with Gasteiger partial charge in [-0.15, -0.1) is 0 Å². The minimum Gasteiger partial charge on any atom is -0.607 e. The van der Waals surface area contributed by atoms with Crippen LogP contribution in [0.1, 0.15) is 6.42 Å². The number of hydrogen-bond acceptors (Lipinski definition) is 2. The molecule has 0 N–H and O–H groups in total. The second kappa shape index (κ2) is 5.62. The molecule has 0 radical (unpaired) electrons. The van der Waals surface area contributed by atoms with E-state index in [9.17, 15) is 4.55 Å². The molecule has 1 atom stereocenters. The van der Waals surface area contributed by atoms with Gasteiger partial charge in [0.25, 0.3) is 0 Å². The monoisotopic (exact) mass is 244 g/mol. The number of allylic oxidation sites excluding steroid dienone is 4. The van der Waals surface area contributed by atoms with Gasteiger partial charge < -0.3 is 9.29 Å². The number of rotatable bonds is 3. The molecular formula is C14H12O2S. The lowest BCUT2D eigenvalue weighted by Gasteiger charge is -2.11. The summed E-state index contributed by atoms with van der Waals surface area (Å²) in [7, 11) is 1.61. The lowest BCUT2D eigenvalue weighted by molar-refractivity contribution is 0.414. The van der Waals surface area contributed by atoms with Gasteiger partial charge in [-0.25, -0.2) is 0 Å². The Balaban J connectivity index is 2.19. The third-order valence-corrected chi connectivity index (χ3v) is 3.80. The van der Waals surface area contributed by atoms with Gasteiger partial charge in [0, 0.05) is 11.2 Å². The summed E-state index contributed by atoms with van der Waals surface area (Å²) in [6, 6.07) is 7.26. The van der Waals surface area contributed by atoms with E-state index in [4.69, 9.17) is 4.74 Å². The second-order valence-corrected chi connectivity index (χ2v) is 4.97. The Morgan fingerprint density at radius 1 is 1.29 bits per heavy atom. The molecule has 0 bridgehead atoms. The largest absolute Gasteiger partial charge is 0.607 e. The Labute approximate surface area is 104 Å². The standard InChI is InChI=1S/C14H12O2S/c1-16-12-8-10-14(11-9-12)17(15)13-6-4-2-3-5-7-13/h2,4,6,8-11H,7H2,1H3. The number of benzene rings is 1. The molecule has 0 fully saturated rings. The smallest absolute Gasteiger partial charge is 0.158 e. The minimum atomic E-state index is -1.14. The maximum absolute atomic E-state index is 12.3. The second-order valence-electron chi connectivity index (χ2n) is 3.43. The van der Waals surface area contributed by atoms with E-state index in [-0.39, 0.29) is 0 Å². The molecule has 1 unspecified atom stereocenters. The van der Waals surface area contributed by atoms with Gasteiger partial charge in [-0.05, 0) is 42.5 Å². The average Bonchev–Trinajstić information content (AvgIpc) is 2.67. The molecule has 3 heteroatoms. The van der Waals surface area contributed by atoms with Gasteiger partial charge in [0.1, 0.15) is 10.7 Å². The molecule has 1 aliphatic rings. The highest BCUT2D eigenvalue weighted by molar-refractivity contribution is 7.95. The molecule has 0 heterocycles. The van der Waals surface area contributed by atoms with Crippen LogP contribution in [-0.2, 0) is 11.2 Å². The lowest BCUT2D eigenvalue weighted by atomic mass is 10.3. The van der Waals surface area contributed by atoms with Crippen LogP contribution in [0.2, 0.25) is 0 Å². The van der Waals surface area contributed by atoms with Gasteiger partial charge in [-0.2, -0.15) is 0 Å². The van der Waals surface area contributed by atoms with Crippen molar-refractivity contribution < 1.29 is 9.29 Å². The quantitative estimate of drug-likeness (QED) is 0.605. The normalized spacial score (nSPS) is 15.3. The Morgan fingerprint density at radius 3 is 2.76 bits per heavy atom. The zero-order valence-corrected chi connectivity index (χ0v) is 10.3. The summed E-state index contributed by atoms with van der Waals surface area (Å²) in [6.45, 7) is 0. The van der Waals surface area contributed by atoms with Crippen molar-refractivity contribution in [2.75, 3.05) is 7.11 Å². The molecule has 0 saturated carbocycles. The fourth-order valence-corrected chi connectivity index (χ4v) is 2.53. The van der Waals surface area contributed by atoms with Crippen molar-refractivity contribution >= 4 is 11.2 Å². The summed E-state index contributed by atoms with van der Waals surface area (Å²) < 4.78 is 17.3. The van der Waals surface area contributed by atoms with E-state index in [1.807, 2.05) is 36.4 Å². The van der Waals surface area contributed by atoms with Crippen molar-refractivity contribution in [1.82, 2.24) is 0 Å². The van der Waals surface area contributed by atoms with Crippen LogP contribution in [0.15, 0.2) is 52.3 Å². The molecule has 0 saturated heterocycles. The maximum Gasteiger partial charge on any atom is 0.158 e. The van der Waals surface area contributed by atoms with Crippen molar-refractivity contribution in [3.05, 3.63) is 47.4 Å². The number of hydrogen-bond donors (Lipinski definition) is 0. The molecule has 0 aliphatic heterocycles. The minimum absolute atomic E-state index is 0.547. The molecule has 2 rings (SSSR count). The van der Waals surface area contributed by atoms with Crippen LogP contribution < -0.4 is 4.74 Å². The molecule has 86 valence electrons. The Hall–Kier alpha value is -1.63. The highest BCUT2D eigenvalue weighted by Crippen LogP contribution is 2.24. The van der Waals surface area contributed by atoms with E-state index in [1.165, 1.54) is 0 Å². The summed E-state index contributed by atoms with van der Waals surface area (Å²) in [5.41, 5.74) is 0. The summed E-state index contributed by atoms with van der Waals surface area (Å²) in [4.78, 5) is 1.60. The van der Waals surface area contributed by atoms with Gasteiger partial charge in [-0.1, -0.05) is 11.8 Å². The predicted molar refractivity (Wildman–Crippen MR) is 69.0 cm³/mol. The first-order valence-electron chi connectivity index (χ1n) is 5.21. The van der Waals surface area contributed by atoms with Gasteiger partial charge >= 0.3 is 0 Å². The summed E-state index contributed by atoms with van der Waals surface area (Å²) in [6.07, 6.45) is 5.99. The number of ether oxygens (including phenoxy) is 1. The van der Waals surface area contributed by atoms with E-state index in [2.05, 4.69) is 11.8 Å². The van der Waals surface area contributed by atoms with Gasteiger partial charge in [0.2, 0.25) is 0 Å². The first kappa shape index (κ1) is 11.8. The van der Waals surface area contributed by atoms with Crippen LogP contribution in [0.5, 0.6) is 5.75 Å². The summed E-state index contributed by atoms with van der Waals surface area (Å²) in [5.74, 6) is 6.58. The fraction of sp³-hybridized carbons (Fsp3) is 0.143. The van der Waals surface area contributed by atoms with E-state index < -0.39 is 11.2 Å². The van der Waals surface area contributed by atoms with E-state index in [0.29, 0.717) is 6.42 Å². The van der Waals surface area contributed by atoms with Crippen LogP contribution in [0, 0.1) is 11.8 Å². The van der Waals surface area contributed by atoms with Crippen LogP contribution in [0.25, 0.3) is 0 Å². The third-order valence-electron chi connectivity index (χ3n) is 2.34. The Morgan fingerprint density at radius 2 is 2.06 bits per heavy atom. The van der Waals surface area contributed by atoms with Gasteiger partial charge in [0.05, 0.1) is 13.5 Å². The van der Waals surface area contributed by atoms with Crippen LogP contribution in [-0.4, -0.2) is 11.7 Å². The zero-order valence-electron chi connectivity index (χ0n) is 9.47. The van der Waals surface area contributed by atoms with Gasteiger partial charge in [0.15, 0.2) is 4.90 Å². The van der Waals surface area contributed by atoms with E-state index in [1.54, 1.807) is 13.2 Å². The topological polar surface area (TPSA) is 32.3 Å². The molecule has 1 aromatic carbocycles. The Kier molecular flexibility index (Phi) is 3.92. The lowest BCUT2D eigenvalue weighted by Crippen LogP contribution is -2.04. The van der Waals surface area contributed by atoms with E-state index >= 15 is 0 Å². The molecule has 17 heavy (non-hydrogen) atoms. The van der Waals surface area contributed by atoms with Crippen molar-refractivity contribution in [2.45, 2.75) is 11.3 Å². The molecule has 0 aromatic heterocycles. The van der Waals surface area contributed by atoms with Crippen LogP contribution >= 0.6 is 0 Å². The Bertz CT molecular complexity index is 503. The van der Waals surface area contributed by atoms with Crippen LogP contribution in [0.4, 0.5) is 0 Å². The van der Waals surface area contributed by atoms with Crippen LogP contribution in [0.3, 0.4) is 0 Å². The highest BCUT2D eigenvalue weighted by Gasteiger charge is 2.17. The number of methoxy groups -OCH3 is 1. The van der Waals surface area contributed by atoms with Gasteiger partial charge in [-0.3, -0.25) is 0 Å². The molecular weight excluding hydrogens is 232 g/mol. The maximum atomic E-state index is 12.3. The molecule has 0 amide bonds. The average molecular weight is 244 g/mol. The molecule has 1 aromatic rings. The molecule has 0 spiro atoms. The SMILES string of the molecule is COc1ccc([S+]([O-])C2=CC=CC#CC2)cc1. The third kappa shape index (κ3) is 2.94. The summed E-state index contributed by atoms with van der Waals surface area (Å²) >= 11 is -1.14. The van der Waals surface area contributed by atoms with Crippen molar-refractivity contribution in [3.8, 4) is 17.6 Å². The fourth-order valence-electron chi connectivity index (χ4n) is 1.44. The van der Waals surface area contributed by atoms with Crippen molar-refractivity contribution in [1.29, 1.82) is 0 Å². The highest BCUT2D eigenvalue weighted by atomic mass is 32.2. The first-order valence-corrected chi connectivity index (χ1v) is 6.36. The predicted octanol–water partition coefficient (Wildman–Crippen LogP) is 2.65. The molecule has 2 nitrogen and oxygen atoms in total.